The third-order valence-electron chi connectivity index (χ3n) is 2.77. The van der Waals surface area contributed by atoms with Crippen LogP contribution < -0.4 is 5.73 Å². The number of benzene rings is 1. The number of amides is 1. The number of carbonyl (C=O) groups is 1. The topological polar surface area (TPSA) is 46.3 Å². The van der Waals surface area contributed by atoms with Crippen molar-refractivity contribution in [2.75, 3.05) is 7.05 Å². The molecule has 1 aromatic heterocycles. The first-order chi connectivity index (χ1) is 9.10. The summed E-state index contributed by atoms with van der Waals surface area (Å²) >= 11 is 5.05. The van der Waals surface area contributed by atoms with Crippen LogP contribution in [0.5, 0.6) is 0 Å². The van der Waals surface area contributed by atoms with Crippen molar-refractivity contribution in [1.82, 2.24) is 4.90 Å². The summed E-state index contributed by atoms with van der Waals surface area (Å²) in [6, 6.07) is 9.49. The molecule has 0 unspecified atom stereocenters. The molecule has 19 heavy (non-hydrogen) atoms. The molecule has 1 heterocycles. The molecule has 2 aromatic rings. The average Bonchev–Trinajstić information content (AvgIpc) is 2.83. The van der Waals surface area contributed by atoms with Crippen molar-refractivity contribution in [3.8, 4) is 0 Å². The number of halogens is 1. The highest BCUT2D eigenvalue weighted by Gasteiger charge is 2.13. The fraction of sp³-hybridized carbons (Fsp3) is 0.214. The Labute approximate surface area is 125 Å². The second kappa shape index (κ2) is 6.32. The molecular weight excluding hydrogens is 324 g/mol. The lowest BCUT2D eigenvalue weighted by Gasteiger charge is -2.16. The molecule has 0 radical (unpaired) electrons. The Balaban J connectivity index is 2.09. The van der Waals surface area contributed by atoms with Crippen molar-refractivity contribution in [3.05, 3.63) is 56.2 Å². The zero-order valence-electron chi connectivity index (χ0n) is 10.6. The first-order valence-electron chi connectivity index (χ1n) is 5.87. The van der Waals surface area contributed by atoms with Crippen molar-refractivity contribution in [3.63, 3.8) is 0 Å². The minimum Gasteiger partial charge on any atom is -0.337 e. The molecule has 5 heteroatoms. The van der Waals surface area contributed by atoms with E-state index < -0.39 is 0 Å². The first-order valence-corrected chi connectivity index (χ1v) is 7.55. The Morgan fingerprint density at radius 1 is 1.42 bits per heavy atom. The van der Waals surface area contributed by atoms with Gasteiger partial charge in [-0.2, -0.15) is 0 Å². The lowest BCUT2D eigenvalue weighted by atomic mass is 10.1. The molecule has 0 saturated carbocycles. The minimum absolute atomic E-state index is 0.0137. The number of rotatable bonds is 4. The lowest BCUT2D eigenvalue weighted by molar-refractivity contribution is 0.0786. The number of hydrogen-bond donors (Lipinski definition) is 1. The van der Waals surface area contributed by atoms with Crippen LogP contribution in [0, 0.1) is 0 Å². The fourth-order valence-corrected chi connectivity index (χ4v) is 3.30. The second-order valence-corrected chi connectivity index (χ2v) is 6.21. The molecule has 2 N–H and O–H groups in total. The van der Waals surface area contributed by atoms with E-state index >= 15 is 0 Å². The van der Waals surface area contributed by atoms with E-state index in [1.807, 2.05) is 42.8 Å². The van der Waals surface area contributed by atoms with E-state index in [2.05, 4.69) is 15.9 Å². The molecule has 1 aromatic carbocycles. The second-order valence-electron chi connectivity index (χ2n) is 4.30. The van der Waals surface area contributed by atoms with Crippen molar-refractivity contribution in [1.29, 1.82) is 0 Å². The van der Waals surface area contributed by atoms with Crippen molar-refractivity contribution >= 4 is 33.2 Å². The highest BCUT2D eigenvalue weighted by atomic mass is 79.9. The summed E-state index contributed by atoms with van der Waals surface area (Å²) in [4.78, 5) is 15.2. The van der Waals surface area contributed by atoms with Crippen LogP contribution in [0.25, 0.3) is 0 Å². The SMILES string of the molecule is CN(Cc1cc(Br)cs1)C(=O)c1cccc(CN)c1. The highest BCUT2D eigenvalue weighted by molar-refractivity contribution is 9.10. The van der Waals surface area contributed by atoms with Gasteiger partial charge in [0.1, 0.15) is 0 Å². The van der Waals surface area contributed by atoms with Gasteiger partial charge in [0.25, 0.3) is 5.91 Å². The van der Waals surface area contributed by atoms with Crippen molar-refractivity contribution < 1.29 is 4.79 Å². The van der Waals surface area contributed by atoms with Crippen LogP contribution in [-0.4, -0.2) is 17.9 Å². The lowest BCUT2D eigenvalue weighted by Crippen LogP contribution is -2.25. The number of thiophene rings is 1. The molecule has 0 aliphatic heterocycles. The normalized spacial score (nSPS) is 10.5. The van der Waals surface area contributed by atoms with Gasteiger partial charge in [0.05, 0.1) is 6.54 Å². The molecule has 0 saturated heterocycles. The van der Waals surface area contributed by atoms with Crippen molar-refractivity contribution in [2.45, 2.75) is 13.1 Å². The van der Waals surface area contributed by atoms with E-state index in [1.54, 1.807) is 16.2 Å². The van der Waals surface area contributed by atoms with Crippen LogP contribution >= 0.6 is 27.3 Å². The summed E-state index contributed by atoms with van der Waals surface area (Å²) in [7, 11) is 1.81. The van der Waals surface area contributed by atoms with Gasteiger partial charge in [0.2, 0.25) is 0 Å². The molecule has 100 valence electrons. The minimum atomic E-state index is 0.0137. The third-order valence-corrected chi connectivity index (χ3v) is 4.45. The maximum absolute atomic E-state index is 12.3. The van der Waals surface area contributed by atoms with E-state index in [-0.39, 0.29) is 5.91 Å². The smallest absolute Gasteiger partial charge is 0.253 e. The van der Waals surface area contributed by atoms with Crippen LogP contribution in [-0.2, 0) is 13.1 Å². The van der Waals surface area contributed by atoms with Gasteiger partial charge in [-0.1, -0.05) is 12.1 Å². The van der Waals surface area contributed by atoms with E-state index in [4.69, 9.17) is 5.73 Å². The average molecular weight is 339 g/mol. The molecule has 2 rings (SSSR count). The molecule has 0 spiro atoms. The maximum atomic E-state index is 12.3. The predicted octanol–water partition coefficient (Wildman–Crippen LogP) is 3.24. The molecule has 0 atom stereocenters. The Morgan fingerprint density at radius 3 is 2.84 bits per heavy atom. The largest absolute Gasteiger partial charge is 0.337 e. The van der Waals surface area contributed by atoms with Gasteiger partial charge in [-0.25, -0.2) is 0 Å². The summed E-state index contributed by atoms with van der Waals surface area (Å²) < 4.78 is 1.05. The zero-order chi connectivity index (χ0) is 13.8. The van der Waals surface area contributed by atoms with Gasteiger partial charge in [-0.15, -0.1) is 11.3 Å². The van der Waals surface area contributed by atoms with E-state index in [0.717, 1.165) is 14.9 Å². The quantitative estimate of drug-likeness (QED) is 0.930. The van der Waals surface area contributed by atoms with E-state index in [1.165, 1.54) is 0 Å². The highest BCUT2D eigenvalue weighted by Crippen LogP contribution is 2.21. The Kier molecular flexibility index (Phi) is 4.74. The first kappa shape index (κ1) is 14.2. The Hall–Kier alpha value is -1.17. The summed E-state index contributed by atoms with van der Waals surface area (Å²) in [5.41, 5.74) is 7.24. The summed E-state index contributed by atoms with van der Waals surface area (Å²) in [5, 5.41) is 2.02. The standard InChI is InChI=1S/C14H15BrN2OS/c1-17(8-13-6-12(15)9-19-13)14(18)11-4-2-3-10(5-11)7-16/h2-6,9H,7-8,16H2,1H3. The monoisotopic (exact) mass is 338 g/mol. The van der Waals surface area contributed by atoms with Crippen molar-refractivity contribution in [2.24, 2.45) is 5.73 Å². The summed E-state index contributed by atoms with van der Waals surface area (Å²) in [6.45, 7) is 1.06. The number of hydrogen-bond acceptors (Lipinski definition) is 3. The zero-order valence-corrected chi connectivity index (χ0v) is 13.0. The summed E-state index contributed by atoms with van der Waals surface area (Å²) in [6.07, 6.45) is 0. The number of carbonyl (C=O) groups excluding carboxylic acids is 1. The number of nitrogens with two attached hydrogens (primary N) is 1. The van der Waals surface area contributed by atoms with E-state index in [0.29, 0.717) is 18.7 Å². The third kappa shape index (κ3) is 3.65. The molecule has 0 aliphatic rings. The predicted molar refractivity (Wildman–Crippen MR) is 82.1 cm³/mol. The molecule has 3 nitrogen and oxygen atoms in total. The molecule has 0 aliphatic carbocycles. The van der Waals surface area contributed by atoms with Crippen LogP contribution in [0.1, 0.15) is 20.8 Å². The maximum Gasteiger partial charge on any atom is 0.253 e. The molecule has 1 amide bonds. The fourth-order valence-electron chi connectivity index (χ4n) is 1.79. The van der Waals surface area contributed by atoms with Gasteiger partial charge in [-0.05, 0) is 39.7 Å². The Morgan fingerprint density at radius 2 is 2.21 bits per heavy atom. The van der Waals surface area contributed by atoms with Gasteiger partial charge in [0.15, 0.2) is 0 Å². The number of nitrogens with zero attached hydrogens (tertiary/aromatic N) is 1. The van der Waals surface area contributed by atoms with Crippen LogP contribution in [0.3, 0.4) is 0 Å². The van der Waals surface area contributed by atoms with E-state index in [9.17, 15) is 4.79 Å². The Bertz CT molecular complexity index is 582. The summed E-state index contributed by atoms with van der Waals surface area (Å²) in [5.74, 6) is 0.0137. The van der Waals surface area contributed by atoms with Gasteiger partial charge < -0.3 is 10.6 Å². The van der Waals surface area contributed by atoms with Gasteiger partial charge in [-0.3, -0.25) is 4.79 Å². The van der Waals surface area contributed by atoms with Crippen LogP contribution in [0.4, 0.5) is 0 Å². The van der Waals surface area contributed by atoms with Gasteiger partial charge in [0, 0.05) is 33.9 Å². The molecular formula is C14H15BrN2OS. The molecule has 0 bridgehead atoms. The van der Waals surface area contributed by atoms with Crippen LogP contribution in [0.15, 0.2) is 40.2 Å². The molecule has 0 fully saturated rings. The van der Waals surface area contributed by atoms with Gasteiger partial charge >= 0.3 is 0 Å². The van der Waals surface area contributed by atoms with Crippen LogP contribution in [0.2, 0.25) is 0 Å².